The van der Waals surface area contributed by atoms with Crippen LogP contribution in [0.1, 0.15) is 52.4 Å². The second-order valence-electron chi connectivity index (χ2n) is 5.85. The fourth-order valence-electron chi connectivity index (χ4n) is 2.44. The quantitative estimate of drug-likeness (QED) is 0.678. The first-order valence-electron chi connectivity index (χ1n) is 8.23. The Hall–Kier alpha value is -2.97. The van der Waals surface area contributed by atoms with Crippen molar-refractivity contribution < 1.29 is 0 Å². The fourth-order valence-corrected chi connectivity index (χ4v) is 2.44. The van der Waals surface area contributed by atoms with E-state index in [2.05, 4.69) is 44.9 Å². The summed E-state index contributed by atoms with van der Waals surface area (Å²) in [5.41, 5.74) is 0. The van der Waals surface area contributed by atoms with Crippen molar-refractivity contribution in [1.29, 1.82) is 0 Å². The molecule has 3 rings (SSSR count). The SMILES string of the molecule is Cc1nc(C)nc(C)n1.Cc1nc(C)nc(Cc2nc(C)nc(C)n2)n1. The molecule has 9 nitrogen and oxygen atoms in total. The van der Waals surface area contributed by atoms with E-state index in [0.29, 0.717) is 18.1 Å². The summed E-state index contributed by atoms with van der Waals surface area (Å²) in [5, 5.41) is 0. The highest BCUT2D eigenvalue weighted by Crippen LogP contribution is 2.02. The Morgan fingerprint density at radius 3 is 0.769 bits per heavy atom. The van der Waals surface area contributed by atoms with Gasteiger partial charge in [-0.2, -0.15) is 0 Å². The van der Waals surface area contributed by atoms with Crippen molar-refractivity contribution in [2.45, 2.75) is 54.9 Å². The van der Waals surface area contributed by atoms with Crippen LogP contribution in [-0.4, -0.2) is 44.9 Å². The van der Waals surface area contributed by atoms with Gasteiger partial charge in [-0.25, -0.2) is 44.9 Å². The predicted octanol–water partition coefficient (Wildman–Crippen LogP) is 1.68. The van der Waals surface area contributed by atoms with Crippen LogP contribution in [0.5, 0.6) is 0 Å². The van der Waals surface area contributed by atoms with Gasteiger partial charge in [-0.15, -0.1) is 0 Å². The number of hydrogen-bond acceptors (Lipinski definition) is 9. The molecule has 0 unspecified atom stereocenters. The third kappa shape index (κ3) is 6.15. The molecule has 0 saturated heterocycles. The Bertz CT molecular complexity index is 768. The summed E-state index contributed by atoms with van der Waals surface area (Å²) in [5.74, 6) is 6.63. The smallest absolute Gasteiger partial charge is 0.140 e. The van der Waals surface area contributed by atoms with Crippen molar-refractivity contribution in [3.8, 4) is 0 Å². The summed E-state index contributed by atoms with van der Waals surface area (Å²) in [4.78, 5) is 37.4. The van der Waals surface area contributed by atoms with Gasteiger partial charge in [0.25, 0.3) is 0 Å². The molecule has 9 heteroatoms. The zero-order valence-corrected chi connectivity index (χ0v) is 16.2. The Morgan fingerprint density at radius 1 is 0.346 bits per heavy atom. The summed E-state index contributed by atoms with van der Waals surface area (Å²) in [6, 6.07) is 0. The third-order valence-electron chi connectivity index (χ3n) is 3.10. The average molecular weight is 353 g/mol. The molecule has 0 radical (unpaired) electrons. The second kappa shape index (κ2) is 8.41. The minimum absolute atomic E-state index is 0.508. The van der Waals surface area contributed by atoms with Crippen LogP contribution in [0, 0.1) is 48.5 Å². The van der Waals surface area contributed by atoms with Crippen LogP contribution in [0.25, 0.3) is 0 Å². The lowest BCUT2D eigenvalue weighted by Crippen LogP contribution is -2.08. The molecule has 3 aromatic heterocycles. The van der Waals surface area contributed by atoms with E-state index < -0.39 is 0 Å². The first kappa shape index (κ1) is 19.4. The third-order valence-corrected chi connectivity index (χ3v) is 3.10. The van der Waals surface area contributed by atoms with E-state index in [9.17, 15) is 0 Å². The first-order valence-corrected chi connectivity index (χ1v) is 8.23. The van der Waals surface area contributed by atoms with E-state index >= 15 is 0 Å². The van der Waals surface area contributed by atoms with E-state index in [1.807, 2.05) is 48.5 Å². The Labute approximate surface area is 152 Å². The molecule has 0 bridgehead atoms. The zero-order valence-electron chi connectivity index (χ0n) is 16.2. The van der Waals surface area contributed by atoms with Crippen molar-refractivity contribution in [2.24, 2.45) is 0 Å². The molecule has 3 aromatic rings. The zero-order chi connectivity index (χ0) is 19.3. The van der Waals surface area contributed by atoms with Crippen LogP contribution in [-0.2, 0) is 6.42 Å². The summed E-state index contributed by atoms with van der Waals surface area (Å²) in [6.07, 6.45) is 0.508. The molecule has 0 aliphatic carbocycles. The van der Waals surface area contributed by atoms with Gasteiger partial charge in [-0.3, -0.25) is 0 Å². The summed E-state index contributed by atoms with van der Waals surface area (Å²) < 4.78 is 0. The van der Waals surface area contributed by atoms with Gasteiger partial charge < -0.3 is 0 Å². The van der Waals surface area contributed by atoms with E-state index in [0.717, 1.165) is 40.8 Å². The number of aryl methyl sites for hydroxylation is 7. The highest BCUT2D eigenvalue weighted by molar-refractivity contribution is 5.04. The molecule has 0 aliphatic rings. The van der Waals surface area contributed by atoms with Crippen molar-refractivity contribution in [2.75, 3.05) is 0 Å². The Morgan fingerprint density at radius 2 is 0.538 bits per heavy atom. The molecule has 136 valence electrons. The molecular weight excluding hydrogens is 330 g/mol. The summed E-state index contributed by atoms with van der Waals surface area (Å²) >= 11 is 0. The van der Waals surface area contributed by atoms with Crippen LogP contribution in [0.15, 0.2) is 0 Å². The minimum Gasteiger partial charge on any atom is -0.219 e. The van der Waals surface area contributed by atoms with Crippen LogP contribution >= 0.6 is 0 Å². The number of rotatable bonds is 2. The lowest BCUT2D eigenvalue weighted by molar-refractivity contribution is 0.786. The normalized spacial score (nSPS) is 10.3. The molecule has 0 atom stereocenters. The van der Waals surface area contributed by atoms with E-state index in [1.165, 1.54) is 0 Å². The van der Waals surface area contributed by atoms with Gasteiger partial charge in [0.1, 0.15) is 52.4 Å². The molecule has 0 N–H and O–H groups in total. The maximum absolute atomic E-state index is 4.27. The van der Waals surface area contributed by atoms with Gasteiger partial charge in [0.05, 0.1) is 6.42 Å². The summed E-state index contributed by atoms with van der Waals surface area (Å²) in [7, 11) is 0. The number of nitrogens with zero attached hydrogens (tertiary/aromatic N) is 9. The fraction of sp³-hybridized carbons (Fsp3) is 0.471. The molecule has 0 amide bonds. The van der Waals surface area contributed by atoms with Gasteiger partial charge in [-0.1, -0.05) is 0 Å². The lowest BCUT2D eigenvalue weighted by atomic mass is 10.3. The van der Waals surface area contributed by atoms with Gasteiger partial charge in [-0.05, 0) is 48.5 Å². The largest absolute Gasteiger partial charge is 0.219 e. The van der Waals surface area contributed by atoms with Crippen molar-refractivity contribution in [3.63, 3.8) is 0 Å². The van der Waals surface area contributed by atoms with E-state index in [-0.39, 0.29) is 0 Å². The average Bonchev–Trinajstić information content (AvgIpc) is 2.43. The van der Waals surface area contributed by atoms with Crippen molar-refractivity contribution in [3.05, 3.63) is 52.4 Å². The Balaban J connectivity index is 0.000000228. The van der Waals surface area contributed by atoms with Crippen LogP contribution in [0.4, 0.5) is 0 Å². The van der Waals surface area contributed by atoms with Gasteiger partial charge >= 0.3 is 0 Å². The monoisotopic (exact) mass is 353 g/mol. The molecule has 3 heterocycles. The van der Waals surface area contributed by atoms with Crippen molar-refractivity contribution in [1.82, 2.24) is 44.9 Å². The molecule has 0 fully saturated rings. The second-order valence-corrected chi connectivity index (χ2v) is 5.85. The number of aromatic nitrogens is 9. The molecular formula is C17H23N9. The molecule has 0 aliphatic heterocycles. The van der Waals surface area contributed by atoms with Crippen molar-refractivity contribution >= 4 is 0 Å². The standard InChI is InChI=1S/C11H14N6.C6H9N3/c1-6-12-7(2)15-10(14-6)5-11-16-8(3)13-9(4)17-11;1-4-7-5(2)9-6(3)8-4/h5H2,1-4H3;1-3H3. The molecule has 26 heavy (non-hydrogen) atoms. The van der Waals surface area contributed by atoms with Crippen LogP contribution < -0.4 is 0 Å². The van der Waals surface area contributed by atoms with Crippen LogP contribution in [0.2, 0.25) is 0 Å². The minimum atomic E-state index is 0.508. The molecule has 0 aromatic carbocycles. The van der Waals surface area contributed by atoms with Gasteiger partial charge in [0, 0.05) is 0 Å². The highest BCUT2D eigenvalue weighted by atomic mass is 15.1. The predicted molar refractivity (Wildman–Crippen MR) is 95.4 cm³/mol. The topological polar surface area (TPSA) is 116 Å². The van der Waals surface area contributed by atoms with E-state index in [1.54, 1.807) is 0 Å². The van der Waals surface area contributed by atoms with E-state index in [4.69, 9.17) is 0 Å². The van der Waals surface area contributed by atoms with Crippen LogP contribution in [0.3, 0.4) is 0 Å². The van der Waals surface area contributed by atoms with Gasteiger partial charge in [0.15, 0.2) is 0 Å². The Kier molecular flexibility index (Phi) is 6.26. The highest BCUT2D eigenvalue weighted by Gasteiger charge is 2.06. The summed E-state index contributed by atoms with van der Waals surface area (Å²) in [6.45, 7) is 13.0. The first-order chi connectivity index (χ1) is 12.2. The molecule has 0 spiro atoms. The lowest BCUT2D eigenvalue weighted by Gasteiger charge is -2.03. The number of hydrogen-bond donors (Lipinski definition) is 0. The maximum atomic E-state index is 4.27. The van der Waals surface area contributed by atoms with Gasteiger partial charge in [0.2, 0.25) is 0 Å². The molecule has 0 saturated carbocycles. The maximum Gasteiger partial charge on any atom is 0.140 e.